The Morgan fingerprint density at radius 1 is 1.12 bits per heavy atom. The highest BCUT2D eigenvalue weighted by Gasteiger charge is 2.40. The fourth-order valence-electron chi connectivity index (χ4n) is 3.95. The number of aryl methyl sites for hydroxylation is 1. The summed E-state index contributed by atoms with van der Waals surface area (Å²) in [5.41, 5.74) is 2.19. The molecule has 7 nitrogen and oxygen atoms in total. The standard InChI is InChI=1S/C17H25N7/c1-12(2)16-4-17(19-11-18-16)24-8-13-6-23(7-14(13)9-24)10-15-5-20-22(3)21-15/h4-5,11-14H,6-10H2,1-3H3. The Labute approximate surface area is 142 Å². The normalized spacial score (nSPS) is 24.1. The van der Waals surface area contributed by atoms with Gasteiger partial charge in [0.15, 0.2) is 0 Å². The topological polar surface area (TPSA) is 63.0 Å². The van der Waals surface area contributed by atoms with Crippen molar-refractivity contribution in [2.45, 2.75) is 26.3 Å². The molecule has 2 aromatic rings. The second-order valence-electron chi connectivity index (χ2n) is 7.40. The molecule has 0 N–H and O–H groups in total. The van der Waals surface area contributed by atoms with Gasteiger partial charge in [0.05, 0.1) is 11.9 Å². The third-order valence-corrected chi connectivity index (χ3v) is 5.18. The number of fused-ring (bicyclic) bond motifs is 1. The number of anilines is 1. The minimum absolute atomic E-state index is 0.441. The Bertz CT molecular complexity index is 696. The van der Waals surface area contributed by atoms with Crippen molar-refractivity contribution in [1.82, 2.24) is 29.9 Å². The molecule has 2 unspecified atom stereocenters. The number of hydrogen-bond donors (Lipinski definition) is 0. The van der Waals surface area contributed by atoms with Crippen molar-refractivity contribution >= 4 is 5.82 Å². The molecule has 0 spiro atoms. The summed E-state index contributed by atoms with van der Waals surface area (Å²) in [6.45, 7) is 9.72. The van der Waals surface area contributed by atoms with E-state index in [2.05, 4.69) is 49.9 Å². The molecule has 4 heterocycles. The van der Waals surface area contributed by atoms with E-state index in [-0.39, 0.29) is 0 Å². The smallest absolute Gasteiger partial charge is 0.132 e. The van der Waals surface area contributed by atoms with Gasteiger partial charge in [-0.3, -0.25) is 4.90 Å². The van der Waals surface area contributed by atoms with E-state index in [4.69, 9.17) is 0 Å². The Balaban J connectivity index is 1.38. The molecule has 2 fully saturated rings. The highest BCUT2D eigenvalue weighted by molar-refractivity contribution is 5.41. The Morgan fingerprint density at radius 3 is 2.50 bits per heavy atom. The molecule has 0 bridgehead atoms. The maximum absolute atomic E-state index is 4.50. The second kappa shape index (κ2) is 6.12. The first-order valence-electron chi connectivity index (χ1n) is 8.73. The van der Waals surface area contributed by atoms with Crippen molar-refractivity contribution in [1.29, 1.82) is 0 Å². The highest BCUT2D eigenvalue weighted by atomic mass is 15.5. The van der Waals surface area contributed by atoms with Crippen LogP contribution in [-0.4, -0.2) is 56.0 Å². The molecule has 7 heteroatoms. The summed E-state index contributed by atoms with van der Waals surface area (Å²) in [5.74, 6) is 2.97. The quantitative estimate of drug-likeness (QED) is 0.843. The molecule has 128 valence electrons. The Morgan fingerprint density at radius 2 is 1.88 bits per heavy atom. The summed E-state index contributed by atoms with van der Waals surface area (Å²) in [4.78, 5) is 15.5. The van der Waals surface area contributed by atoms with Gasteiger partial charge in [-0.15, -0.1) is 0 Å². The van der Waals surface area contributed by atoms with Crippen LogP contribution in [0.3, 0.4) is 0 Å². The van der Waals surface area contributed by atoms with Crippen molar-refractivity contribution in [2.24, 2.45) is 18.9 Å². The zero-order chi connectivity index (χ0) is 16.7. The van der Waals surface area contributed by atoms with E-state index in [1.54, 1.807) is 11.1 Å². The summed E-state index contributed by atoms with van der Waals surface area (Å²) in [6.07, 6.45) is 3.58. The van der Waals surface area contributed by atoms with Crippen LogP contribution >= 0.6 is 0 Å². The molecule has 0 saturated carbocycles. The second-order valence-corrected chi connectivity index (χ2v) is 7.40. The van der Waals surface area contributed by atoms with Gasteiger partial charge < -0.3 is 4.90 Å². The number of rotatable bonds is 4. The lowest BCUT2D eigenvalue weighted by molar-refractivity contribution is 0.304. The minimum atomic E-state index is 0.441. The summed E-state index contributed by atoms with van der Waals surface area (Å²) < 4.78 is 0. The fourth-order valence-corrected chi connectivity index (χ4v) is 3.95. The van der Waals surface area contributed by atoms with Crippen LogP contribution in [0.5, 0.6) is 0 Å². The first kappa shape index (κ1) is 15.5. The number of hydrogen-bond acceptors (Lipinski definition) is 6. The lowest BCUT2D eigenvalue weighted by Gasteiger charge is -2.22. The van der Waals surface area contributed by atoms with Gasteiger partial charge in [0.25, 0.3) is 0 Å². The van der Waals surface area contributed by atoms with Gasteiger partial charge in [0.1, 0.15) is 12.1 Å². The van der Waals surface area contributed by atoms with Crippen LogP contribution in [0.2, 0.25) is 0 Å². The SMILES string of the molecule is CC(C)c1cc(N2CC3CN(Cc4cnn(C)n4)CC3C2)ncn1. The Hall–Kier alpha value is -2.02. The van der Waals surface area contributed by atoms with E-state index in [1.165, 1.54) is 0 Å². The van der Waals surface area contributed by atoms with E-state index in [0.29, 0.717) is 5.92 Å². The average Bonchev–Trinajstić information content (AvgIpc) is 3.22. The van der Waals surface area contributed by atoms with Crippen LogP contribution in [0.1, 0.15) is 31.2 Å². The summed E-state index contributed by atoms with van der Waals surface area (Å²) >= 11 is 0. The van der Waals surface area contributed by atoms with Crippen LogP contribution in [0.4, 0.5) is 5.82 Å². The van der Waals surface area contributed by atoms with Crippen LogP contribution in [0, 0.1) is 11.8 Å². The lowest BCUT2D eigenvalue weighted by atomic mass is 10.0. The maximum Gasteiger partial charge on any atom is 0.132 e. The van der Waals surface area contributed by atoms with Crippen molar-refractivity contribution < 1.29 is 0 Å². The zero-order valence-electron chi connectivity index (χ0n) is 14.6. The van der Waals surface area contributed by atoms with Crippen LogP contribution in [0.15, 0.2) is 18.6 Å². The van der Waals surface area contributed by atoms with Crippen molar-refractivity contribution in [3.63, 3.8) is 0 Å². The van der Waals surface area contributed by atoms with E-state index < -0.39 is 0 Å². The van der Waals surface area contributed by atoms with Crippen LogP contribution < -0.4 is 4.90 Å². The monoisotopic (exact) mass is 327 g/mol. The molecule has 0 radical (unpaired) electrons. The first-order valence-corrected chi connectivity index (χ1v) is 8.73. The van der Waals surface area contributed by atoms with Gasteiger partial charge >= 0.3 is 0 Å². The van der Waals surface area contributed by atoms with Crippen LogP contribution in [0.25, 0.3) is 0 Å². The van der Waals surface area contributed by atoms with Gasteiger partial charge in [-0.05, 0) is 17.8 Å². The van der Waals surface area contributed by atoms with Gasteiger partial charge in [-0.25, -0.2) is 9.97 Å². The molecule has 2 atom stereocenters. The predicted molar refractivity (Wildman–Crippen MR) is 91.6 cm³/mol. The number of aromatic nitrogens is 5. The van der Waals surface area contributed by atoms with Gasteiger partial charge in [0.2, 0.25) is 0 Å². The molecular formula is C17H25N7. The molecule has 4 rings (SSSR count). The molecule has 2 aromatic heterocycles. The first-order chi connectivity index (χ1) is 11.6. The van der Waals surface area contributed by atoms with Crippen molar-refractivity contribution in [3.8, 4) is 0 Å². The minimum Gasteiger partial charge on any atom is -0.356 e. The zero-order valence-corrected chi connectivity index (χ0v) is 14.6. The van der Waals surface area contributed by atoms with Crippen molar-refractivity contribution in [2.75, 3.05) is 31.1 Å². The number of likely N-dealkylation sites (tertiary alicyclic amines) is 1. The Kier molecular flexibility index (Phi) is 3.96. The van der Waals surface area contributed by atoms with Gasteiger partial charge in [-0.2, -0.15) is 15.0 Å². The third kappa shape index (κ3) is 3.00. The van der Waals surface area contributed by atoms with Crippen LogP contribution in [-0.2, 0) is 13.6 Å². The summed E-state index contributed by atoms with van der Waals surface area (Å²) in [7, 11) is 1.87. The lowest BCUT2D eigenvalue weighted by Crippen LogP contribution is -2.29. The summed E-state index contributed by atoms with van der Waals surface area (Å²) in [5, 5.41) is 8.55. The van der Waals surface area contributed by atoms with E-state index in [0.717, 1.165) is 61.8 Å². The van der Waals surface area contributed by atoms with E-state index >= 15 is 0 Å². The molecule has 2 saturated heterocycles. The molecule has 0 amide bonds. The molecule has 24 heavy (non-hydrogen) atoms. The highest BCUT2D eigenvalue weighted by Crippen LogP contribution is 2.34. The summed E-state index contributed by atoms with van der Waals surface area (Å²) in [6, 6.07) is 2.16. The molecule has 2 aliphatic rings. The number of nitrogens with zero attached hydrogens (tertiary/aromatic N) is 7. The van der Waals surface area contributed by atoms with Gasteiger partial charge in [-0.1, -0.05) is 13.8 Å². The molecule has 0 aromatic carbocycles. The molecular weight excluding hydrogens is 302 g/mol. The largest absolute Gasteiger partial charge is 0.356 e. The van der Waals surface area contributed by atoms with Crippen molar-refractivity contribution in [3.05, 3.63) is 30.0 Å². The molecule has 0 aliphatic carbocycles. The third-order valence-electron chi connectivity index (χ3n) is 5.18. The molecule has 2 aliphatic heterocycles. The predicted octanol–water partition coefficient (Wildman–Crippen LogP) is 1.30. The maximum atomic E-state index is 4.50. The van der Waals surface area contributed by atoms with E-state index in [9.17, 15) is 0 Å². The average molecular weight is 327 g/mol. The van der Waals surface area contributed by atoms with E-state index in [1.807, 2.05) is 13.2 Å². The van der Waals surface area contributed by atoms with Gasteiger partial charge in [0, 0.05) is 51.5 Å². The fraction of sp³-hybridized carbons (Fsp3) is 0.647.